The molecule has 0 amide bonds. The summed E-state index contributed by atoms with van der Waals surface area (Å²) in [5.74, 6) is 0.618. The Morgan fingerprint density at radius 3 is 2.30 bits per heavy atom. The molecule has 0 unspecified atom stereocenters. The van der Waals surface area contributed by atoms with Crippen LogP contribution >= 0.6 is 0 Å². The first kappa shape index (κ1) is 19.5. The van der Waals surface area contributed by atoms with Gasteiger partial charge in [-0.2, -0.15) is 0 Å². The number of ether oxygens (including phenoxy) is 2. The van der Waals surface area contributed by atoms with Gasteiger partial charge in [-0.1, -0.05) is 52.4 Å². The molecule has 0 spiro atoms. The summed E-state index contributed by atoms with van der Waals surface area (Å²) in [4.78, 5) is 11.9. The smallest absolute Gasteiger partial charge is 0.338 e. The Balaban J connectivity index is 2.33. The van der Waals surface area contributed by atoms with Crippen molar-refractivity contribution in [2.75, 3.05) is 13.2 Å². The van der Waals surface area contributed by atoms with Crippen LogP contribution in [0.15, 0.2) is 18.2 Å². The number of esters is 1. The lowest BCUT2D eigenvalue weighted by molar-refractivity contribution is 0.0499. The second-order valence-electron chi connectivity index (χ2n) is 6.09. The van der Waals surface area contributed by atoms with Gasteiger partial charge in [-0.05, 0) is 43.5 Å². The van der Waals surface area contributed by atoms with E-state index in [-0.39, 0.29) is 5.97 Å². The molecule has 0 heterocycles. The maximum Gasteiger partial charge on any atom is 0.338 e. The van der Waals surface area contributed by atoms with Crippen molar-refractivity contribution in [2.45, 2.75) is 72.1 Å². The van der Waals surface area contributed by atoms with E-state index in [9.17, 15) is 4.79 Å². The number of aryl methyl sites for hydroxylation is 1. The van der Waals surface area contributed by atoms with E-state index in [2.05, 4.69) is 13.8 Å². The highest BCUT2D eigenvalue weighted by molar-refractivity contribution is 5.89. The zero-order valence-corrected chi connectivity index (χ0v) is 15.0. The van der Waals surface area contributed by atoms with Crippen LogP contribution in [0.2, 0.25) is 0 Å². The van der Waals surface area contributed by atoms with Crippen molar-refractivity contribution in [2.24, 2.45) is 0 Å². The van der Waals surface area contributed by atoms with Crippen LogP contribution in [0.3, 0.4) is 0 Å². The maximum absolute atomic E-state index is 11.9. The number of carbonyl (C=O) groups excluding carboxylic acids is 1. The van der Waals surface area contributed by atoms with E-state index >= 15 is 0 Å². The maximum atomic E-state index is 11.9. The van der Waals surface area contributed by atoms with Crippen LogP contribution < -0.4 is 4.74 Å². The molecule has 130 valence electrons. The fraction of sp³-hybridized carbons (Fsp3) is 0.650. The number of carbonyl (C=O) groups is 1. The van der Waals surface area contributed by atoms with E-state index in [4.69, 9.17) is 9.47 Å². The largest absolute Gasteiger partial charge is 0.493 e. The van der Waals surface area contributed by atoms with Crippen LogP contribution in [0.5, 0.6) is 5.75 Å². The van der Waals surface area contributed by atoms with Gasteiger partial charge in [0.05, 0.1) is 18.8 Å². The number of unbranched alkanes of at least 4 members (excludes halogenated alkanes) is 6. The van der Waals surface area contributed by atoms with E-state index in [1.807, 2.05) is 19.1 Å². The summed E-state index contributed by atoms with van der Waals surface area (Å²) < 4.78 is 11.1. The lowest BCUT2D eigenvalue weighted by Gasteiger charge is -2.11. The van der Waals surface area contributed by atoms with Crippen molar-refractivity contribution in [3.63, 3.8) is 0 Å². The van der Waals surface area contributed by atoms with Gasteiger partial charge in [-0.15, -0.1) is 0 Å². The quantitative estimate of drug-likeness (QED) is 0.366. The fourth-order valence-corrected chi connectivity index (χ4v) is 2.40. The van der Waals surface area contributed by atoms with Gasteiger partial charge >= 0.3 is 5.97 Å². The molecule has 3 heteroatoms. The Morgan fingerprint density at radius 1 is 0.913 bits per heavy atom. The third kappa shape index (κ3) is 8.06. The van der Waals surface area contributed by atoms with Crippen molar-refractivity contribution in [3.05, 3.63) is 29.3 Å². The molecule has 1 aromatic rings. The first-order valence-corrected chi connectivity index (χ1v) is 9.09. The third-order valence-electron chi connectivity index (χ3n) is 3.90. The Labute approximate surface area is 141 Å². The zero-order chi connectivity index (χ0) is 16.9. The molecular formula is C20H32O3. The average molecular weight is 320 g/mol. The van der Waals surface area contributed by atoms with Crippen LogP contribution in [-0.2, 0) is 4.74 Å². The van der Waals surface area contributed by atoms with Crippen LogP contribution in [0.25, 0.3) is 0 Å². The summed E-state index contributed by atoms with van der Waals surface area (Å²) in [6.07, 6.45) is 9.47. The second-order valence-corrected chi connectivity index (χ2v) is 6.09. The van der Waals surface area contributed by atoms with Crippen LogP contribution in [0.1, 0.15) is 81.1 Å². The third-order valence-corrected chi connectivity index (χ3v) is 3.90. The Bertz CT molecular complexity index is 454. The fourth-order valence-electron chi connectivity index (χ4n) is 2.40. The van der Waals surface area contributed by atoms with E-state index < -0.39 is 0 Å². The van der Waals surface area contributed by atoms with Crippen molar-refractivity contribution >= 4 is 5.97 Å². The first-order chi connectivity index (χ1) is 11.2. The Kier molecular flexibility index (Phi) is 10.2. The molecule has 0 N–H and O–H groups in total. The summed E-state index contributed by atoms with van der Waals surface area (Å²) in [6, 6.07) is 5.52. The van der Waals surface area contributed by atoms with E-state index in [1.165, 1.54) is 32.1 Å². The molecule has 0 aliphatic rings. The van der Waals surface area contributed by atoms with Crippen molar-refractivity contribution in [1.29, 1.82) is 0 Å². The van der Waals surface area contributed by atoms with Gasteiger partial charge < -0.3 is 9.47 Å². The minimum absolute atomic E-state index is 0.246. The summed E-state index contributed by atoms with van der Waals surface area (Å²) in [5, 5.41) is 0. The SMILES string of the molecule is CCCCCCCCOc1ccc(C(=O)OCCCC)cc1C. The normalized spacial score (nSPS) is 10.6. The highest BCUT2D eigenvalue weighted by Gasteiger charge is 2.09. The molecule has 0 atom stereocenters. The van der Waals surface area contributed by atoms with Crippen LogP contribution in [-0.4, -0.2) is 19.2 Å². The topological polar surface area (TPSA) is 35.5 Å². The first-order valence-electron chi connectivity index (χ1n) is 9.09. The second kappa shape index (κ2) is 12.0. The van der Waals surface area contributed by atoms with Gasteiger partial charge in [0.25, 0.3) is 0 Å². The number of benzene rings is 1. The van der Waals surface area contributed by atoms with Crippen LogP contribution in [0, 0.1) is 6.92 Å². The molecule has 0 aliphatic heterocycles. The van der Waals surface area contributed by atoms with Crippen LogP contribution in [0.4, 0.5) is 0 Å². The van der Waals surface area contributed by atoms with Gasteiger partial charge in [0.1, 0.15) is 5.75 Å². The molecule has 3 nitrogen and oxygen atoms in total. The Hall–Kier alpha value is -1.51. The molecule has 0 saturated carbocycles. The number of rotatable bonds is 12. The predicted molar refractivity (Wildman–Crippen MR) is 95.2 cm³/mol. The summed E-state index contributed by atoms with van der Waals surface area (Å²) in [6.45, 7) is 7.51. The monoisotopic (exact) mass is 320 g/mol. The van der Waals surface area contributed by atoms with E-state index in [0.29, 0.717) is 12.2 Å². The van der Waals surface area contributed by atoms with Crippen molar-refractivity contribution < 1.29 is 14.3 Å². The summed E-state index contributed by atoms with van der Waals surface area (Å²) in [7, 11) is 0. The van der Waals surface area contributed by atoms with E-state index in [1.54, 1.807) is 6.07 Å². The van der Waals surface area contributed by atoms with Gasteiger partial charge in [0.2, 0.25) is 0 Å². The lowest BCUT2D eigenvalue weighted by Crippen LogP contribution is -2.07. The Morgan fingerprint density at radius 2 is 1.61 bits per heavy atom. The molecule has 0 aromatic heterocycles. The van der Waals surface area contributed by atoms with Gasteiger partial charge in [-0.3, -0.25) is 0 Å². The predicted octanol–water partition coefficient (Wildman–Crippen LogP) is 5.69. The summed E-state index contributed by atoms with van der Waals surface area (Å²) >= 11 is 0. The van der Waals surface area contributed by atoms with Gasteiger partial charge in [0.15, 0.2) is 0 Å². The molecule has 23 heavy (non-hydrogen) atoms. The highest BCUT2D eigenvalue weighted by Crippen LogP contribution is 2.20. The van der Waals surface area contributed by atoms with Crippen molar-refractivity contribution in [1.82, 2.24) is 0 Å². The zero-order valence-electron chi connectivity index (χ0n) is 15.0. The average Bonchev–Trinajstić information content (AvgIpc) is 2.55. The minimum Gasteiger partial charge on any atom is -0.493 e. The highest BCUT2D eigenvalue weighted by atomic mass is 16.5. The minimum atomic E-state index is -0.246. The molecule has 1 rings (SSSR count). The molecular weight excluding hydrogens is 288 g/mol. The number of hydrogen-bond acceptors (Lipinski definition) is 3. The molecule has 0 radical (unpaired) electrons. The molecule has 0 saturated heterocycles. The molecule has 0 aliphatic carbocycles. The van der Waals surface area contributed by atoms with Crippen molar-refractivity contribution in [3.8, 4) is 5.75 Å². The van der Waals surface area contributed by atoms with E-state index in [0.717, 1.165) is 37.2 Å². The molecule has 0 fully saturated rings. The molecule has 1 aromatic carbocycles. The van der Waals surface area contributed by atoms with Gasteiger partial charge in [-0.25, -0.2) is 4.79 Å². The number of hydrogen-bond donors (Lipinski definition) is 0. The summed E-state index contributed by atoms with van der Waals surface area (Å²) in [5.41, 5.74) is 1.59. The standard InChI is InChI=1S/C20H32O3/c1-4-6-8-9-10-11-15-22-19-13-12-18(16-17(19)3)20(21)23-14-7-5-2/h12-13,16H,4-11,14-15H2,1-3H3. The van der Waals surface area contributed by atoms with Gasteiger partial charge in [0, 0.05) is 0 Å². The lowest BCUT2D eigenvalue weighted by atomic mass is 10.1. The molecule has 0 bridgehead atoms.